The lowest BCUT2D eigenvalue weighted by Crippen LogP contribution is -2.55. The molecule has 0 amide bonds. The lowest BCUT2D eigenvalue weighted by atomic mass is 10.2. The van der Waals surface area contributed by atoms with Crippen LogP contribution in [0, 0.1) is 0 Å². The Kier molecular flexibility index (Phi) is 5.88. The summed E-state index contributed by atoms with van der Waals surface area (Å²) in [5.74, 6) is 6.36. The van der Waals surface area contributed by atoms with Gasteiger partial charge in [-0.25, -0.2) is 10.8 Å². The fourth-order valence-corrected chi connectivity index (χ4v) is 3.05. The van der Waals surface area contributed by atoms with Crippen LogP contribution in [0.4, 0.5) is 0 Å². The summed E-state index contributed by atoms with van der Waals surface area (Å²) < 4.78 is 5.01. The van der Waals surface area contributed by atoms with Gasteiger partial charge in [0, 0.05) is 39.3 Å². The van der Waals surface area contributed by atoms with Crippen LogP contribution in [0.15, 0.2) is 4.99 Å². The molecule has 0 aromatic rings. The van der Waals surface area contributed by atoms with Gasteiger partial charge in [0.15, 0.2) is 0 Å². The fraction of sp³-hybridized carbons (Fsp3) is 0.923. The first-order valence-corrected chi connectivity index (χ1v) is 7.34. The van der Waals surface area contributed by atoms with Crippen LogP contribution in [0.2, 0.25) is 0 Å². The van der Waals surface area contributed by atoms with Gasteiger partial charge in [0.05, 0.1) is 13.2 Å². The zero-order valence-corrected chi connectivity index (χ0v) is 12.0. The van der Waals surface area contributed by atoms with E-state index in [2.05, 4.69) is 20.2 Å². The van der Waals surface area contributed by atoms with Crippen LogP contribution < -0.4 is 11.3 Å². The van der Waals surface area contributed by atoms with E-state index < -0.39 is 0 Å². The van der Waals surface area contributed by atoms with Crippen molar-refractivity contribution < 1.29 is 4.74 Å². The number of piperazine rings is 1. The predicted octanol–water partition coefficient (Wildman–Crippen LogP) is 0.0123. The van der Waals surface area contributed by atoms with Gasteiger partial charge in [0.1, 0.15) is 0 Å². The molecular formula is C13H27N5O. The van der Waals surface area contributed by atoms with E-state index in [4.69, 9.17) is 10.6 Å². The Bertz CT molecular complexity index is 283. The lowest BCUT2D eigenvalue weighted by molar-refractivity contribution is 0.131. The third-order valence-electron chi connectivity index (χ3n) is 4.14. The molecule has 0 aromatic heterocycles. The molecule has 3 N–H and O–H groups in total. The minimum Gasteiger partial charge on any atom is -0.383 e. The Hall–Kier alpha value is -0.850. The summed E-state index contributed by atoms with van der Waals surface area (Å²) in [5.41, 5.74) is 2.72. The average molecular weight is 269 g/mol. The number of nitrogens with one attached hydrogen (secondary N) is 1. The molecule has 110 valence electrons. The summed E-state index contributed by atoms with van der Waals surface area (Å²) in [7, 11) is 1.69. The second-order valence-corrected chi connectivity index (χ2v) is 5.30. The summed E-state index contributed by atoms with van der Waals surface area (Å²) in [6.45, 7) is 5.54. The van der Waals surface area contributed by atoms with Crippen LogP contribution in [-0.4, -0.2) is 68.2 Å². The highest BCUT2D eigenvalue weighted by atomic mass is 16.5. The number of guanidine groups is 1. The summed E-state index contributed by atoms with van der Waals surface area (Å²) in [5, 5.41) is 0. The third kappa shape index (κ3) is 4.06. The number of rotatable bonds is 4. The first-order chi connectivity index (χ1) is 9.35. The summed E-state index contributed by atoms with van der Waals surface area (Å²) in [6, 6.07) is 0.821. The maximum Gasteiger partial charge on any atom is 0.208 e. The van der Waals surface area contributed by atoms with Crippen LogP contribution in [0.1, 0.15) is 25.7 Å². The lowest BCUT2D eigenvalue weighted by Gasteiger charge is -2.39. The van der Waals surface area contributed by atoms with Crippen LogP contribution in [0.25, 0.3) is 0 Å². The van der Waals surface area contributed by atoms with Crippen molar-refractivity contribution in [2.45, 2.75) is 31.7 Å². The molecule has 2 aliphatic rings. The molecule has 0 radical (unpaired) electrons. The van der Waals surface area contributed by atoms with Crippen LogP contribution >= 0.6 is 0 Å². The fourth-order valence-electron chi connectivity index (χ4n) is 3.05. The molecule has 2 fully saturated rings. The van der Waals surface area contributed by atoms with E-state index in [1.165, 1.54) is 25.7 Å². The van der Waals surface area contributed by atoms with Gasteiger partial charge in [-0.1, -0.05) is 12.8 Å². The van der Waals surface area contributed by atoms with Gasteiger partial charge in [-0.3, -0.25) is 10.3 Å². The second kappa shape index (κ2) is 7.67. The first-order valence-electron chi connectivity index (χ1n) is 7.34. The molecule has 2 rings (SSSR count). The van der Waals surface area contributed by atoms with Crippen LogP contribution in [0.3, 0.4) is 0 Å². The Morgan fingerprint density at radius 2 is 1.95 bits per heavy atom. The zero-order valence-electron chi connectivity index (χ0n) is 12.0. The number of nitrogens with zero attached hydrogens (tertiary/aromatic N) is 3. The highest BCUT2D eigenvalue weighted by Crippen LogP contribution is 2.24. The van der Waals surface area contributed by atoms with E-state index in [1.54, 1.807) is 7.11 Å². The van der Waals surface area contributed by atoms with Crippen LogP contribution in [-0.2, 0) is 4.74 Å². The monoisotopic (exact) mass is 269 g/mol. The molecule has 1 saturated heterocycles. The van der Waals surface area contributed by atoms with Crippen molar-refractivity contribution in [3.05, 3.63) is 0 Å². The van der Waals surface area contributed by atoms with E-state index in [0.717, 1.165) is 38.2 Å². The minimum absolute atomic E-state index is 0.632. The molecule has 1 heterocycles. The maximum atomic E-state index is 5.57. The van der Waals surface area contributed by atoms with Crippen molar-refractivity contribution in [1.29, 1.82) is 0 Å². The maximum absolute atomic E-state index is 5.57. The molecule has 0 atom stereocenters. The molecule has 1 aliphatic carbocycles. The van der Waals surface area contributed by atoms with Gasteiger partial charge in [-0.2, -0.15) is 0 Å². The molecule has 6 heteroatoms. The molecule has 0 bridgehead atoms. The summed E-state index contributed by atoms with van der Waals surface area (Å²) in [4.78, 5) is 9.31. The van der Waals surface area contributed by atoms with Crippen molar-refractivity contribution in [3.63, 3.8) is 0 Å². The van der Waals surface area contributed by atoms with E-state index >= 15 is 0 Å². The van der Waals surface area contributed by atoms with E-state index in [-0.39, 0.29) is 0 Å². The number of hydrogen-bond acceptors (Lipinski definition) is 4. The number of nitrogens with two attached hydrogens (primary N) is 1. The van der Waals surface area contributed by atoms with Gasteiger partial charge in [-0.15, -0.1) is 0 Å². The van der Waals surface area contributed by atoms with Crippen molar-refractivity contribution >= 4 is 5.96 Å². The van der Waals surface area contributed by atoms with Crippen molar-refractivity contribution in [2.75, 3.05) is 46.4 Å². The Morgan fingerprint density at radius 1 is 1.26 bits per heavy atom. The highest BCUT2D eigenvalue weighted by molar-refractivity contribution is 5.79. The predicted molar refractivity (Wildman–Crippen MR) is 76.9 cm³/mol. The van der Waals surface area contributed by atoms with E-state index in [1.807, 2.05) is 0 Å². The number of aliphatic imine (C=N–C) groups is 1. The average Bonchev–Trinajstić information content (AvgIpc) is 2.98. The Morgan fingerprint density at radius 3 is 2.53 bits per heavy atom. The molecule has 0 unspecified atom stereocenters. The number of ether oxygens (including phenoxy) is 1. The standard InChI is InChI=1S/C13H27N5O/c1-19-11-6-15-13(16-14)18-9-7-17(8-10-18)12-4-2-3-5-12/h12H,2-11,14H2,1H3,(H,15,16). The molecule has 1 aliphatic heterocycles. The van der Waals surface area contributed by atoms with Gasteiger partial charge >= 0.3 is 0 Å². The quantitative estimate of drug-likeness (QED) is 0.247. The molecule has 1 saturated carbocycles. The minimum atomic E-state index is 0.632. The second-order valence-electron chi connectivity index (χ2n) is 5.30. The first kappa shape index (κ1) is 14.6. The smallest absolute Gasteiger partial charge is 0.208 e. The number of hydrazine groups is 1. The molecule has 0 spiro atoms. The topological polar surface area (TPSA) is 66.1 Å². The van der Waals surface area contributed by atoms with Crippen molar-refractivity contribution in [3.8, 4) is 0 Å². The summed E-state index contributed by atoms with van der Waals surface area (Å²) >= 11 is 0. The number of hydrogen-bond donors (Lipinski definition) is 2. The summed E-state index contributed by atoms with van der Waals surface area (Å²) in [6.07, 6.45) is 5.56. The third-order valence-corrected chi connectivity index (χ3v) is 4.14. The normalized spacial score (nSPS) is 23.1. The number of methoxy groups -OCH3 is 1. The zero-order chi connectivity index (χ0) is 13.5. The highest BCUT2D eigenvalue weighted by Gasteiger charge is 2.26. The van der Waals surface area contributed by atoms with Crippen molar-refractivity contribution in [2.24, 2.45) is 10.8 Å². The largest absolute Gasteiger partial charge is 0.383 e. The Labute approximate surface area is 115 Å². The van der Waals surface area contributed by atoms with Gasteiger partial charge in [0.2, 0.25) is 5.96 Å². The molecule has 19 heavy (non-hydrogen) atoms. The molecule has 0 aromatic carbocycles. The molecular weight excluding hydrogens is 242 g/mol. The van der Waals surface area contributed by atoms with Gasteiger partial charge < -0.3 is 9.64 Å². The van der Waals surface area contributed by atoms with Crippen molar-refractivity contribution in [1.82, 2.24) is 15.2 Å². The molecule has 6 nitrogen and oxygen atoms in total. The Balaban J connectivity index is 1.78. The van der Waals surface area contributed by atoms with Gasteiger partial charge in [-0.05, 0) is 12.8 Å². The van der Waals surface area contributed by atoms with Gasteiger partial charge in [0.25, 0.3) is 0 Å². The van der Waals surface area contributed by atoms with E-state index in [9.17, 15) is 0 Å². The van der Waals surface area contributed by atoms with E-state index in [0.29, 0.717) is 13.2 Å². The van der Waals surface area contributed by atoms with Crippen LogP contribution in [0.5, 0.6) is 0 Å². The SMILES string of the molecule is COCCN=C(NN)N1CCN(C2CCCC2)CC1.